The Bertz CT molecular complexity index is 756. The SMILES string of the molecule is Cc1ccc(S(=O)(=O)N2CCC3(CC2)OCC[C@@](C)(O)[C@@H]3O)cc1F. The van der Waals surface area contributed by atoms with E-state index in [1.807, 2.05) is 0 Å². The van der Waals surface area contributed by atoms with Gasteiger partial charge in [-0.15, -0.1) is 0 Å². The monoisotopic (exact) mass is 373 g/mol. The average molecular weight is 373 g/mol. The molecule has 0 aromatic heterocycles. The summed E-state index contributed by atoms with van der Waals surface area (Å²) in [6, 6.07) is 3.87. The van der Waals surface area contributed by atoms with E-state index in [1.165, 1.54) is 16.4 Å². The predicted molar refractivity (Wildman–Crippen MR) is 89.1 cm³/mol. The Morgan fingerprint density at radius 1 is 1.28 bits per heavy atom. The van der Waals surface area contributed by atoms with Crippen molar-refractivity contribution in [2.24, 2.45) is 0 Å². The molecule has 25 heavy (non-hydrogen) atoms. The van der Waals surface area contributed by atoms with Crippen LogP contribution in [0.3, 0.4) is 0 Å². The number of aryl methyl sites for hydroxylation is 1. The minimum Gasteiger partial charge on any atom is -0.387 e. The molecule has 0 amide bonds. The maximum atomic E-state index is 13.7. The van der Waals surface area contributed by atoms with Gasteiger partial charge in [0.15, 0.2) is 0 Å². The lowest BCUT2D eigenvalue weighted by Gasteiger charge is -2.51. The number of aliphatic hydroxyl groups is 2. The van der Waals surface area contributed by atoms with Crippen LogP contribution in [-0.2, 0) is 14.8 Å². The van der Waals surface area contributed by atoms with Gasteiger partial charge in [0.05, 0.1) is 22.7 Å². The lowest BCUT2D eigenvalue weighted by atomic mass is 9.75. The summed E-state index contributed by atoms with van der Waals surface area (Å²) in [5.41, 5.74) is -1.80. The second-order valence-corrected chi connectivity index (χ2v) is 9.18. The zero-order chi connectivity index (χ0) is 18.5. The Kier molecular flexibility index (Phi) is 4.70. The Morgan fingerprint density at radius 3 is 2.52 bits per heavy atom. The number of rotatable bonds is 2. The van der Waals surface area contributed by atoms with Gasteiger partial charge in [0.25, 0.3) is 0 Å². The fourth-order valence-electron chi connectivity index (χ4n) is 3.65. The van der Waals surface area contributed by atoms with Crippen molar-refractivity contribution in [2.45, 2.75) is 55.3 Å². The first-order valence-corrected chi connectivity index (χ1v) is 9.83. The van der Waals surface area contributed by atoms with Crippen LogP contribution in [0.5, 0.6) is 0 Å². The molecule has 2 heterocycles. The van der Waals surface area contributed by atoms with E-state index in [-0.39, 0.29) is 30.8 Å². The van der Waals surface area contributed by atoms with Gasteiger partial charge in [-0.1, -0.05) is 6.07 Å². The van der Waals surface area contributed by atoms with Gasteiger partial charge in [-0.2, -0.15) is 4.31 Å². The summed E-state index contributed by atoms with van der Waals surface area (Å²) in [7, 11) is -3.81. The lowest BCUT2D eigenvalue weighted by molar-refractivity contribution is -0.243. The molecule has 2 aliphatic heterocycles. The first-order valence-electron chi connectivity index (χ1n) is 8.39. The molecule has 2 fully saturated rings. The van der Waals surface area contributed by atoms with Gasteiger partial charge in [0, 0.05) is 19.5 Å². The van der Waals surface area contributed by atoms with Gasteiger partial charge in [0.2, 0.25) is 10.0 Å². The molecule has 0 radical (unpaired) electrons. The van der Waals surface area contributed by atoms with E-state index in [0.717, 1.165) is 6.07 Å². The van der Waals surface area contributed by atoms with Crippen LogP contribution in [0.1, 0.15) is 31.7 Å². The quantitative estimate of drug-likeness (QED) is 0.813. The molecule has 2 atom stereocenters. The molecule has 6 nitrogen and oxygen atoms in total. The highest BCUT2D eigenvalue weighted by molar-refractivity contribution is 7.89. The minimum absolute atomic E-state index is 0.0799. The van der Waals surface area contributed by atoms with Gasteiger partial charge < -0.3 is 14.9 Å². The molecule has 0 unspecified atom stereocenters. The highest BCUT2D eigenvalue weighted by Gasteiger charge is 2.53. The standard InChI is InChI=1S/C17H24FNO5S/c1-12-3-4-13(11-14(12)18)25(22,23)19-8-5-17(6-9-19)15(20)16(2,21)7-10-24-17/h3-4,11,15,20-21H,5-10H2,1-2H3/t15-,16+/m0/s1. The fraction of sp³-hybridized carbons (Fsp3) is 0.647. The average Bonchev–Trinajstić information content (AvgIpc) is 2.55. The minimum atomic E-state index is -3.81. The van der Waals surface area contributed by atoms with Crippen LogP contribution in [0.4, 0.5) is 4.39 Å². The number of ether oxygens (including phenoxy) is 1. The first-order chi connectivity index (χ1) is 11.6. The summed E-state index contributed by atoms with van der Waals surface area (Å²) >= 11 is 0. The third kappa shape index (κ3) is 3.21. The number of hydrogen-bond donors (Lipinski definition) is 2. The molecule has 1 spiro atoms. The molecule has 2 saturated heterocycles. The number of piperidine rings is 1. The van der Waals surface area contributed by atoms with Crippen molar-refractivity contribution < 1.29 is 27.8 Å². The van der Waals surface area contributed by atoms with Gasteiger partial charge in [-0.05, 0) is 44.4 Å². The third-order valence-electron chi connectivity index (χ3n) is 5.43. The molecule has 2 N–H and O–H groups in total. The number of benzene rings is 1. The van der Waals surface area contributed by atoms with Crippen molar-refractivity contribution in [1.29, 1.82) is 0 Å². The van der Waals surface area contributed by atoms with Crippen LogP contribution in [0.2, 0.25) is 0 Å². The van der Waals surface area contributed by atoms with E-state index >= 15 is 0 Å². The second kappa shape index (κ2) is 6.28. The number of sulfonamides is 1. The molecule has 0 bridgehead atoms. The van der Waals surface area contributed by atoms with Crippen LogP contribution in [0.25, 0.3) is 0 Å². The van der Waals surface area contributed by atoms with Crippen LogP contribution < -0.4 is 0 Å². The predicted octanol–water partition coefficient (Wildman–Crippen LogP) is 1.19. The van der Waals surface area contributed by atoms with Crippen LogP contribution in [0, 0.1) is 12.7 Å². The van der Waals surface area contributed by atoms with Crippen molar-refractivity contribution in [2.75, 3.05) is 19.7 Å². The van der Waals surface area contributed by atoms with Crippen molar-refractivity contribution in [3.63, 3.8) is 0 Å². The van der Waals surface area contributed by atoms with E-state index in [4.69, 9.17) is 4.74 Å². The van der Waals surface area contributed by atoms with Crippen LogP contribution in [0.15, 0.2) is 23.1 Å². The van der Waals surface area contributed by atoms with Crippen LogP contribution in [-0.4, -0.2) is 59.9 Å². The fourth-order valence-corrected chi connectivity index (χ4v) is 5.10. The molecule has 3 rings (SSSR count). The topological polar surface area (TPSA) is 87.1 Å². The molecule has 0 aliphatic carbocycles. The number of aliphatic hydroxyl groups excluding tert-OH is 1. The summed E-state index contributed by atoms with van der Waals surface area (Å²) < 4.78 is 46.3. The largest absolute Gasteiger partial charge is 0.387 e. The van der Waals surface area contributed by atoms with E-state index in [9.17, 15) is 23.0 Å². The molecular formula is C17H24FNO5S. The smallest absolute Gasteiger partial charge is 0.243 e. The summed E-state index contributed by atoms with van der Waals surface area (Å²) in [6.07, 6.45) is -0.188. The maximum Gasteiger partial charge on any atom is 0.243 e. The van der Waals surface area contributed by atoms with Gasteiger partial charge >= 0.3 is 0 Å². The molecule has 0 saturated carbocycles. The lowest BCUT2D eigenvalue weighted by Crippen LogP contribution is -2.64. The van der Waals surface area contributed by atoms with E-state index in [0.29, 0.717) is 18.6 Å². The van der Waals surface area contributed by atoms with Crippen LogP contribution >= 0.6 is 0 Å². The molecule has 8 heteroatoms. The Morgan fingerprint density at radius 2 is 1.92 bits per heavy atom. The summed E-state index contributed by atoms with van der Waals surface area (Å²) in [4.78, 5) is -0.0799. The Hall–Kier alpha value is -1.06. The number of halogens is 1. The highest BCUT2D eigenvalue weighted by atomic mass is 32.2. The Balaban J connectivity index is 1.78. The van der Waals surface area contributed by atoms with Crippen molar-refractivity contribution in [1.82, 2.24) is 4.31 Å². The van der Waals surface area contributed by atoms with Gasteiger partial charge in [0.1, 0.15) is 11.9 Å². The van der Waals surface area contributed by atoms with E-state index in [2.05, 4.69) is 0 Å². The molecule has 1 aromatic rings. The normalized spacial score (nSPS) is 30.5. The molecular weight excluding hydrogens is 349 g/mol. The highest BCUT2D eigenvalue weighted by Crippen LogP contribution is 2.40. The van der Waals surface area contributed by atoms with Gasteiger partial charge in [-0.3, -0.25) is 0 Å². The van der Waals surface area contributed by atoms with Crippen molar-refractivity contribution in [3.05, 3.63) is 29.6 Å². The van der Waals surface area contributed by atoms with Crippen molar-refractivity contribution >= 4 is 10.0 Å². The summed E-state index contributed by atoms with van der Waals surface area (Å²) in [6.45, 7) is 3.75. The molecule has 140 valence electrons. The number of hydrogen-bond acceptors (Lipinski definition) is 5. The zero-order valence-electron chi connectivity index (χ0n) is 14.4. The maximum absolute atomic E-state index is 13.7. The summed E-state index contributed by atoms with van der Waals surface area (Å²) in [5, 5.41) is 20.8. The third-order valence-corrected chi connectivity index (χ3v) is 7.33. The van der Waals surface area contributed by atoms with E-state index < -0.39 is 33.1 Å². The molecule has 1 aromatic carbocycles. The van der Waals surface area contributed by atoms with Crippen molar-refractivity contribution in [3.8, 4) is 0 Å². The van der Waals surface area contributed by atoms with E-state index in [1.54, 1.807) is 13.8 Å². The van der Waals surface area contributed by atoms with Gasteiger partial charge in [-0.25, -0.2) is 12.8 Å². The number of nitrogens with zero attached hydrogens (tertiary/aromatic N) is 1. The first kappa shape index (κ1) is 18.7. The molecule has 2 aliphatic rings. The zero-order valence-corrected chi connectivity index (χ0v) is 15.2. The Labute approximate surface area is 147 Å². The second-order valence-electron chi connectivity index (χ2n) is 7.24. The summed E-state index contributed by atoms with van der Waals surface area (Å²) in [5.74, 6) is -0.559.